The molecular weight excluding hydrogens is 430 g/mol. The Hall–Kier alpha value is -2.94. The lowest BCUT2D eigenvalue weighted by atomic mass is 9.87. The Morgan fingerprint density at radius 2 is 1.96 bits per heavy atom. The molecule has 28 heavy (non-hydrogen) atoms. The number of aromatic hydroxyl groups is 1. The van der Waals surface area contributed by atoms with Crippen molar-refractivity contribution in [2.45, 2.75) is 26.2 Å². The quantitative estimate of drug-likeness (QED) is 0.394. The number of ether oxygens (including phenoxy) is 1. The van der Waals surface area contributed by atoms with Crippen LogP contribution in [0.4, 0.5) is 5.69 Å². The van der Waals surface area contributed by atoms with Crippen molar-refractivity contribution in [3.8, 4) is 11.5 Å². The molecular formula is C19H20BrN3O5. The molecule has 2 rings (SSSR count). The van der Waals surface area contributed by atoms with E-state index in [0.29, 0.717) is 5.75 Å². The number of rotatable bonds is 6. The number of nitro groups is 1. The monoisotopic (exact) mass is 449 g/mol. The number of carbonyl (C=O) groups excluding carboxylic acids is 1. The molecule has 8 nitrogen and oxygen atoms in total. The maximum Gasteiger partial charge on any atom is 0.277 e. The van der Waals surface area contributed by atoms with Crippen molar-refractivity contribution >= 4 is 33.7 Å². The van der Waals surface area contributed by atoms with E-state index in [9.17, 15) is 20.0 Å². The fourth-order valence-corrected chi connectivity index (χ4v) is 2.68. The van der Waals surface area contributed by atoms with Crippen molar-refractivity contribution in [2.24, 2.45) is 5.10 Å². The molecule has 0 unspecified atom stereocenters. The fourth-order valence-electron chi connectivity index (χ4n) is 2.22. The van der Waals surface area contributed by atoms with E-state index in [-0.39, 0.29) is 33.5 Å². The predicted molar refractivity (Wildman–Crippen MR) is 109 cm³/mol. The number of hydrazone groups is 1. The van der Waals surface area contributed by atoms with Gasteiger partial charge in [0, 0.05) is 17.7 Å². The fraction of sp³-hybridized carbons (Fsp3) is 0.263. The lowest BCUT2D eigenvalue weighted by Gasteiger charge is -2.19. The first-order valence-electron chi connectivity index (χ1n) is 8.30. The van der Waals surface area contributed by atoms with Gasteiger partial charge >= 0.3 is 0 Å². The van der Waals surface area contributed by atoms with Gasteiger partial charge in [-0.3, -0.25) is 14.9 Å². The molecule has 148 valence electrons. The number of nitro benzene ring substituents is 1. The first kappa shape index (κ1) is 21.4. The van der Waals surface area contributed by atoms with Crippen LogP contribution in [0.3, 0.4) is 0 Å². The molecule has 1 amide bonds. The highest BCUT2D eigenvalue weighted by Gasteiger charge is 2.14. The minimum atomic E-state index is -0.598. The van der Waals surface area contributed by atoms with Crippen molar-refractivity contribution in [1.29, 1.82) is 0 Å². The molecule has 0 aliphatic carbocycles. The number of amides is 1. The molecule has 0 radical (unpaired) electrons. The number of phenols is 1. The van der Waals surface area contributed by atoms with Gasteiger partial charge in [-0.05, 0) is 39.0 Å². The number of non-ortho nitro benzene ring substituents is 1. The summed E-state index contributed by atoms with van der Waals surface area (Å²) in [6.07, 6.45) is 1.11. The number of carbonyl (C=O) groups is 1. The van der Waals surface area contributed by atoms with Gasteiger partial charge in [-0.15, -0.1) is 0 Å². The van der Waals surface area contributed by atoms with Crippen LogP contribution in [0, 0.1) is 10.1 Å². The van der Waals surface area contributed by atoms with Gasteiger partial charge in [0.1, 0.15) is 11.5 Å². The van der Waals surface area contributed by atoms with E-state index < -0.39 is 10.8 Å². The molecule has 0 aliphatic rings. The third-order valence-corrected chi connectivity index (χ3v) is 4.38. The minimum Gasteiger partial charge on any atom is -0.506 e. The van der Waals surface area contributed by atoms with Crippen LogP contribution in [0.1, 0.15) is 31.9 Å². The van der Waals surface area contributed by atoms with Gasteiger partial charge in [0.15, 0.2) is 6.61 Å². The van der Waals surface area contributed by atoms with Crippen molar-refractivity contribution in [3.63, 3.8) is 0 Å². The average molecular weight is 450 g/mol. The number of nitrogens with one attached hydrogen (secondary N) is 1. The molecule has 0 bridgehead atoms. The van der Waals surface area contributed by atoms with Crippen LogP contribution in [0.15, 0.2) is 46.0 Å². The second kappa shape index (κ2) is 8.83. The van der Waals surface area contributed by atoms with E-state index in [1.165, 1.54) is 6.07 Å². The summed E-state index contributed by atoms with van der Waals surface area (Å²) in [6, 6.07) is 9.77. The molecule has 2 N–H and O–H groups in total. The first-order chi connectivity index (χ1) is 13.1. The average Bonchev–Trinajstić information content (AvgIpc) is 2.62. The lowest BCUT2D eigenvalue weighted by Crippen LogP contribution is -2.24. The zero-order valence-corrected chi connectivity index (χ0v) is 17.2. The van der Waals surface area contributed by atoms with Crippen molar-refractivity contribution in [2.75, 3.05) is 6.61 Å². The Morgan fingerprint density at radius 3 is 2.54 bits per heavy atom. The Balaban J connectivity index is 1.93. The van der Waals surface area contributed by atoms with Crippen molar-refractivity contribution < 1.29 is 19.6 Å². The first-order valence-corrected chi connectivity index (χ1v) is 9.09. The second-order valence-electron chi connectivity index (χ2n) is 6.98. The maximum absolute atomic E-state index is 11.8. The third-order valence-electron chi connectivity index (χ3n) is 3.77. The zero-order valence-electron chi connectivity index (χ0n) is 15.6. The number of benzene rings is 2. The maximum atomic E-state index is 11.8. The highest BCUT2D eigenvalue weighted by molar-refractivity contribution is 9.10. The lowest BCUT2D eigenvalue weighted by molar-refractivity contribution is -0.385. The predicted octanol–water partition coefficient (Wildman–Crippen LogP) is 3.89. The molecule has 2 aromatic carbocycles. The van der Waals surface area contributed by atoms with E-state index >= 15 is 0 Å². The van der Waals surface area contributed by atoms with E-state index in [1.54, 1.807) is 12.1 Å². The van der Waals surface area contributed by atoms with Crippen LogP contribution in [-0.2, 0) is 10.2 Å². The summed E-state index contributed by atoms with van der Waals surface area (Å²) in [5.41, 5.74) is 3.28. The van der Waals surface area contributed by atoms with Crippen LogP contribution < -0.4 is 10.2 Å². The Kier molecular flexibility index (Phi) is 6.74. The standard InChI is InChI=1S/C19H20BrN3O5/c1-19(2,3)13-4-6-15(7-5-13)28-11-17(24)22-21-10-12-8-14(23(26)27)9-16(20)18(12)25/h4-10,25H,11H2,1-3H3,(H,22,24). The van der Waals surface area contributed by atoms with Gasteiger partial charge in [0.05, 0.1) is 15.6 Å². The molecule has 0 aliphatic heterocycles. The zero-order chi connectivity index (χ0) is 20.9. The van der Waals surface area contributed by atoms with E-state index in [0.717, 1.165) is 17.8 Å². The Bertz CT molecular complexity index is 905. The number of hydrogen-bond donors (Lipinski definition) is 2. The summed E-state index contributed by atoms with van der Waals surface area (Å²) in [6.45, 7) is 6.06. The number of hydrogen-bond acceptors (Lipinski definition) is 6. The topological polar surface area (TPSA) is 114 Å². The van der Waals surface area contributed by atoms with Gasteiger partial charge < -0.3 is 9.84 Å². The summed E-state index contributed by atoms with van der Waals surface area (Å²) >= 11 is 3.03. The number of halogens is 1. The Labute approximate surface area is 170 Å². The molecule has 9 heteroatoms. The summed E-state index contributed by atoms with van der Waals surface area (Å²) in [4.78, 5) is 22.1. The highest BCUT2D eigenvalue weighted by Crippen LogP contribution is 2.31. The normalized spacial score (nSPS) is 11.4. The molecule has 0 aromatic heterocycles. The number of phenolic OH excluding ortho intramolecular Hbond substituents is 1. The van der Waals surface area contributed by atoms with Gasteiger partial charge in [-0.2, -0.15) is 5.10 Å². The van der Waals surface area contributed by atoms with Crippen LogP contribution in [0.2, 0.25) is 0 Å². The number of nitrogens with zero attached hydrogens (tertiary/aromatic N) is 2. The van der Waals surface area contributed by atoms with Crippen LogP contribution in [0.5, 0.6) is 11.5 Å². The summed E-state index contributed by atoms with van der Waals surface area (Å²) in [5.74, 6) is -0.189. The molecule has 2 aromatic rings. The Morgan fingerprint density at radius 1 is 1.32 bits per heavy atom. The minimum absolute atomic E-state index is 0.0255. The summed E-state index contributed by atoms with van der Waals surface area (Å²) in [5, 5.41) is 24.5. The second-order valence-corrected chi connectivity index (χ2v) is 7.83. The molecule has 0 fully saturated rings. The van der Waals surface area contributed by atoms with Gasteiger partial charge in [0.2, 0.25) is 0 Å². The largest absolute Gasteiger partial charge is 0.506 e. The van der Waals surface area contributed by atoms with E-state index in [4.69, 9.17) is 4.74 Å². The molecule has 0 saturated carbocycles. The third kappa shape index (κ3) is 5.78. The van der Waals surface area contributed by atoms with Crippen LogP contribution >= 0.6 is 15.9 Å². The van der Waals surface area contributed by atoms with Crippen LogP contribution in [0.25, 0.3) is 0 Å². The van der Waals surface area contributed by atoms with Crippen LogP contribution in [-0.4, -0.2) is 28.8 Å². The molecule has 0 spiro atoms. The highest BCUT2D eigenvalue weighted by atomic mass is 79.9. The summed E-state index contributed by atoms with van der Waals surface area (Å²) < 4.78 is 5.55. The molecule has 0 saturated heterocycles. The van der Waals surface area contributed by atoms with Crippen molar-refractivity contribution in [3.05, 3.63) is 62.1 Å². The van der Waals surface area contributed by atoms with Gasteiger partial charge in [-0.1, -0.05) is 32.9 Å². The smallest absolute Gasteiger partial charge is 0.277 e. The van der Waals surface area contributed by atoms with Gasteiger partial charge in [-0.25, -0.2) is 5.43 Å². The van der Waals surface area contributed by atoms with E-state index in [2.05, 4.69) is 47.2 Å². The molecule has 0 atom stereocenters. The summed E-state index contributed by atoms with van der Waals surface area (Å²) in [7, 11) is 0. The van der Waals surface area contributed by atoms with Gasteiger partial charge in [0.25, 0.3) is 11.6 Å². The van der Waals surface area contributed by atoms with Crippen molar-refractivity contribution in [1.82, 2.24) is 5.43 Å². The van der Waals surface area contributed by atoms with E-state index in [1.807, 2.05) is 12.1 Å². The molecule has 0 heterocycles. The SMILES string of the molecule is CC(C)(C)c1ccc(OCC(=O)NN=Cc2cc([N+](=O)[O-])cc(Br)c2O)cc1.